The molecule has 51 heavy (non-hydrogen) atoms. The molecular formula is C39H38BrCl2N5O4. The highest BCUT2D eigenvalue weighted by molar-refractivity contribution is 9.10. The van der Waals surface area contributed by atoms with Crippen molar-refractivity contribution < 1.29 is 19.4 Å². The number of hydrogen-bond acceptors (Lipinski definition) is 4. The van der Waals surface area contributed by atoms with Gasteiger partial charge in [0.05, 0.1) is 39.6 Å². The van der Waals surface area contributed by atoms with Crippen LogP contribution in [0.5, 0.6) is 5.75 Å². The quantitative estimate of drug-likeness (QED) is 0.155. The molecule has 0 aliphatic carbocycles. The maximum Gasteiger partial charge on any atom is 0.335 e. The lowest BCUT2D eigenvalue weighted by atomic mass is 9.98. The van der Waals surface area contributed by atoms with Gasteiger partial charge in [0, 0.05) is 70.5 Å². The van der Waals surface area contributed by atoms with Gasteiger partial charge in [-0.25, -0.2) is 4.79 Å². The Morgan fingerprint density at radius 2 is 1.75 bits per heavy atom. The van der Waals surface area contributed by atoms with E-state index in [-0.39, 0.29) is 11.5 Å². The van der Waals surface area contributed by atoms with Crippen LogP contribution in [0.3, 0.4) is 0 Å². The van der Waals surface area contributed by atoms with Gasteiger partial charge in [0.25, 0.3) is 5.91 Å². The average Bonchev–Trinajstić information content (AvgIpc) is 3.60. The van der Waals surface area contributed by atoms with Gasteiger partial charge >= 0.3 is 5.97 Å². The third-order valence-corrected chi connectivity index (χ3v) is 11.6. The van der Waals surface area contributed by atoms with Crippen molar-refractivity contribution in [2.75, 3.05) is 18.1 Å². The summed E-state index contributed by atoms with van der Waals surface area (Å²) in [4.78, 5) is 29.2. The second-order valence-corrected chi connectivity index (χ2v) is 15.0. The van der Waals surface area contributed by atoms with Gasteiger partial charge in [-0.1, -0.05) is 29.3 Å². The molecule has 0 radical (unpaired) electrons. The van der Waals surface area contributed by atoms with Crippen molar-refractivity contribution in [3.8, 4) is 16.9 Å². The van der Waals surface area contributed by atoms with Crippen LogP contribution in [0, 0.1) is 27.7 Å². The van der Waals surface area contributed by atoms with Gasteiger partial charge in [-0.05, 0) is 110 Å². The molecule has 12 heteroatoms. The summed E-state index contributed by atoms with van der Waals surface area (Å²) in [7, 11) is 3.79. The molecular weight excluding hydrogens is 753 g/mol. The predicted octanol–water partition coefficient (Wildman–Crippen LogP) is 9.60. The Labute approximate surface area is 314 Å². The Kier molecular flexibility index (Phi) is 9.23. The van der Waals surface area contributed by atoms with Gasteiger partial charge < -0.3 is 23.9 Å². The molecule has 3 aromatic heterocycles. The van der Waals surface area contributed by atoms with Gasteiger partial charge in [-0.3, -0.25) is 9.48 Å². The van der Waals surface area contributed by atoms with E-state index in [1.54, 1.807) is 17.0 Å². The molecule has 1 amide bonds. The number of halogens is 3. The summed E-state index contributed by atoms with van der Waals surface area (Å²) in [5.41, 5.74) is 9.32. The molecule has 7 rings (SSSR count). The molecule has 1 aliphatic rings. The van der Waals surface area contributed by atoms with Crippen LogP contribution in [0.25, 0.3) is 32.9 Å². The first-order valence-electron chi connectivity index (χ1n) is 16.9. The predicted molar refractivity (Wildman–Crippen MR) is 207 cm³/mol. The van der Waals surface area contributed by atoms with Crippen molar-refractivity contribution in [1.82, 2.24) is 18.9 Å². The zero-order valence-corrected chi connectivity index (χ0v) is 32.4. The van der Waals surface area contributed by atoms with Crippen molar-refractivity contribution in [3.05, 3.63) is 96.4 Å². The first kappa shape index (κ1) is 35.2. The second kappa shape index (κ2) is 13.4. The molecule has 0 saturated heterocycles. The summed E-state index contributed by atoms with van der Waals surface area (Å²) in [5.74, 6) is -0.491. The van der Waals surface area contributed by atoms with Crippen molar-refractivity contribution in [2.45, 2.75) is 53.5 Å². The second-order valence-electron chi connectivity index (χ2n) is 13.4. The molecule has 4 heterocycles. The number of carboxylic acids is 1. The van der Waals surface area contributed by atoms with E-state index in [2.05, 4.69) is 20.5 Å². The van der Waals surface area contributed by atoms with Gasteiger partial charge in [0.15, 0.2) is 0 Å². The number of anilines is 1. The van der Waals surface area contributed by atoms with E-state index in [1.165, 1.54) is 0 Å². The van der Waals surface area contributed by atoms with Crippen LogP contribution in [-0.4, -0.2) is 49.0 Å². The number of ether oxygens (including phenoxy) is 1. The minimum Gasteiger partial charge on any atom is -0.494 e. The summed E-state index contributed by atoms with van der Waals surface area (Å²) in [5, 5.41) is 17.8. The van der Waals surface area contributed by atoms with Crippen molar-refractivity contribution in [3.63, 3.8) is 0 Å². The molecule has 0 fully saturated rings. The fourth-order valence-electron chi connectivity index (χ4n) is 7.64. The lowest BCUT2D eigenvalue weighted by molar-refractivity contribution is 0.0696. The third kappa shape index (κ3) is 5.91. The van der Waals surface area contributed by atoms with Gasteiger partial charge in [0.2, 0.25) is 0 Å². The van der Waals surface area contributed by atoms with Crippen LogP contribution in [0.15, 0.2) is 47.1 Å². The number of nitrogens with zero attached hydrogens (tertiary/aromatic N) is 5. The summed E-state index contributed by atoms with van der Waals surface area (Å²) in [6.07, 6.45) is 3.74. The monoisotopic (exact) mass is 789 g/mol. The van der Waals surface area contributed by atoms with Crippen LogP contribution in [0.4, 0.5) is 5.69 Å². The molecule has 1 aliphatic heterocycles. The van der Waals surface area contributed by atoms with E-state index in [4.69, 9.17) is 33.0 Å². The highest BCUT2D eigenvalue weighted by Gasteiger charge is 2.34. The van der Waals surface area contributed by atoms with Gasteiger partial charge in [-0.2, -0.15) is 5.10 Å². The summed E-state index contributed by atoms with van der Waals surface area (Å²) in [6.45, 7) is 9.34. The number of carbonyl (C=O) groups is 2. The van der Waals surface area contributed by atoms with Crippen LogP contribution >= 0.6 is 39.1 Å². The molecule has 0 atom stereocenters. The summed E-state index contributed by atoms with van der Waals surface area (Å²) >= 11 is 17.2. The number of rotatable bonds is 8. The Balaban J connectivity index is 1.40. The topological polar surface area (TPSA) is 94.5 Å². The first-order chi connectivity index (χ1) is 24.3. The normalized spacial score (nSPS) is 13.4. The van der Waals surface area contributed by atoms with E-state index in [1.807, 2.05) is 81.5 Å². The largest absolute Gasteiger partial charge is 0.494 e. The minimum absolute atomic E-state index is 0.116. The maximum absolute atomic E-state index is 15.1. The number of benzene rings is 3. The minimum atomic E-state index is -1.06. The molecule has 1 N–H and O–H groups in total. The number of carboxylic acid groups (broad SMARTS) is 1. The lowest BCUT2D eigenvalue weighted by Gasteiger charge is -2.23. The van der Waals surface area contributed by atoms with Crippen molar-refractivity contribution in [2.24, 2.45) is 14.1 Å². The van der Waals surface area contributed by atoms with Crippen LogP contribution < -0.4 is 9.64 Å². The Bertz CT molecular complexity index is 2400. The highest BCUT2D eigenvalue weighted by atomic mass is 79.9. The first-order valence-corrected chi connectivity index (χ1v) is 18.4. The molecule has 0 spiro atoms. The van der Waals surface area contributed by atoms with Crippen molar-refractivity contribution >= 4 is 78.5 Å². The zero-order chi connectivity index (χ0) is 36.5. The average molecular weight is 792 g/mol. The van der Waals surface area contributed by atoms with E-state index < -0.39 is 5.97 Å². The Morgan fingerprint density at radius 1 is 1.02 bits per heavy atom. The lowest BCUT2D eigenvalue weighted by Crippen LogP contribution is -2.32. The van der Waals surface area contributed by atoms with E-state index in [0.717, 1.165) is 76.3 Å². The number of aromatic carboxylic acids is 1. The van der Waals surface area contributed by atoms with Crippen molar-refractivity contribution in [1.29, 1.82) is 0 Å². The number of hydrogen-bond donors (Lipinski definition) is 1. The van der Waals surface area contributed by atoms with E-state index in [0.29, 0.717) is 55.4 Å². The van der Waals surface area contributed by atoms with Crippen LogP contribution in [-0.2, 0) is 27.1 Å². The van der Waals surface area contributed by atoms with E-state index in [9.17, 15) is 9.90 Å². The van der Waals surface area contributed by atoms with Gasteiger partial charge in [0.1, 0.15) is 11.4 Å². The van der Waals surface area contributed by atoms with E-state index >= 15 is 4.79 Å². The number of amides is 1. The molecule has 0 saturated carbocycles. The molecule has 9 nitrogen and oxygen atoms in total. The van der Waals surface area contributed by atoms with Crippen LogP contribution in [0.2, 0.25) is 10.0 Å². The highest BCUT2D eigenvalue weighted by Crippen LogP contribution is 2.44. The summed E-state index contributed by atoms with van der Waals surface area (Å²) < 4.78 is 12.9. The fraction of sp³-hybridized carbons (Fsp3) is 0.308. The number of carbonyl (C=O) groups excluding carboxylic acids is 1. The molecule has 6 aromatic rings. The molecule has 0 bridgehead atoms. The standard InChI is InChI=1S/C39H38BrCl2N5O4/c1-20-15-25(16-21(2)35(20)42)51-14-7-9-26-27-10-11-29(41)34(32-22(3)43-45(6)23(32)4)36(27)47-13-8-12-46(38(48)37(26)47)31-18-24(39(49)50)17-30-33(31)28(40)19-44(30)5/h10-11,15-19H,7-9,12-14H2,1-6H3,(H,49,50). The number of aromatic nitrogens is 4. The molecule has 264 valence electrons. The number of aryl methyl sites for hydroxylation is 7. The third-order valence-electron chi connectivity index (χ3n) is 10.1. The molecule has 0 unspecified atom stereocenters. The Hall–Kier alpha value is -4.25. The smallest absolute Gasteiger partial charge is 0.335 e. The Morgan fingerprint density at radius 3 is 2.41 bits per heavy atom. The molecule has 3 aromatic carbocycles. The van der Waals surface area contributed by atoms with Crippen LogP contribution in [0.1, 0.15) is 61.8 Å². The SMILES string of the molecule is Cc1cc(OCCCc2c3n(c4c(-c5c(C)nn(C)c5C)c(Cl)ccc24)CCCN(c2cc(C(=O)O)cc4c2c(Br)cn4C)C3=O)cc(C)c1Cl. The fourth-order valence-corrected chi connectivity index (χ4v) is 8.71. The zero-order valence-electron chi connectivity index (χ0n) is 29.3. The maximum atomic E-state index is 15.1. The summed E-state index contributed by atoms with van der Waals surface area (Å²) in [6, 6.07) is 11.1. The van der Waals surface area contributed by atoms with Gasteiger partial charge in [-0.15, -0.1) is 0 Å². The number of fused-ring (bicyclic) bond motifs is 4.